The molecule has 0 saturated heterocycles. The van der Waals surface area contributed by atoms with Crippen LogP contribution in [0.5, 0.6) is 11.5 Å². The minimum atomic E-state index is -0.353. The summed E-state index contributed by atoms with van der Waals surface area (Å²) in [5.41, 5.74) is 0.500. The Hall–Kier alpha value is -1.26. The van der Waals surface area contributed by atoms with Gasteiger partial charge in [-0.3, -0.25) is 0 Å². The van der Waals surface area contributed by atoms with E-state index in [-0.39, 0.29) is 23.6 Å². The highest BCUT2D eigenvalue weighted by molar-refractivity contribution is 5.42. The second kappa shape index (κ2) is 4.51. The van der Waals surface area contributed by atoms with Crippen LogP contribution in [0.3, 0.4) is 0 Å². The van der Waals surface area contributed by atoms with Crippen LogP contribution >= 0.6 is 0 Å². The highest BCUT2D eigenvalue weighted by Gasteiger charge is 2.20. The zero-order valence-corrected chi connectivity index (χ0v) is 8.99. The lowest BCUT2D eigenvalue weighted by atomic mass is 9.94. The van der Waals surface area contributed by atoms with Crippen LogP contribution in [-0.4, -0.2) is 28.5 Å². The van der Waals surface area contributed by atoms with Crippen LogP contribution in [0.2, 0.25) is 0 Å². The minimum Gasteiger partial charge on any atom is -0.504 e. The van der Waals surface area contributed by atoms with Crippen LogP contribution in [0.4, 0.5) is 0 Å². The molecule has 4 heteroatoms. The van der Waals surface area contributed by atoms with Gasteiger partial charge in [-0.1, -0.05) is 6.07 Å². The van der Waals surface area contributed by atoms with Gasteiger partial charge in [0.05, 0.1) is 6.61 Å². The molecule has 0 heterocycles. The molecule has 0 unspecified atom stereocenters. The second-order valence-electron chi connectivity index (χ2n) is 3.98. The molecule has 0 saturated carbocycles. The number of aliphatic hydroxyl groups excluding tert-OH is 1. The molecule has 0 atom stereocenters. The third-order valence-corrected chi connectivity index (χ3v) is 2.38. The molecular weight excluding hydrogens is 194 g/mol. The molecule has 0 bridgehead atoms. The number of nitrogens with one attached hydrogen (secondary N) is 1. The third-order valence-electron chi connectivity index (χ3n) is 2.38. The van der Waals surface area contributed by atoms with Crippen LogP contribution in [-0.2, 0) is 5.54 Å². The standard InChI is InChI=1S/C11H17NO3/c1-11(2,12-5-6-13)8-3-4-9(14)10(15)7-8/h3-4,7,12-15H,5-6H2,1-2H3. The number of benzene rings is 1. The number of rotatable bonds is 4. The van der Waals surface area contributed by atoms with Gasteiger partial charge in [0.2, 0.25) is 0 Å². The molecule has 0 spiro atoms. The molecule has 84 valence electrons. The van der Waals surface area contributed by atoms with Crippen molar-refractivity contribution in [3.05, 3.63) is 23.8 Å². The Morgan fingerprint density at radius 2 is 1.87 bits per heavy atom. The van der Waals surface area contributed by atoms with E-state index in [9.17, 15) is 10.2 Å². The lowest BCUT2D eigenvalue weighted by molar-refractivity contribution is 0.266. The fourth-order valence-electron chi connectivity index (χ4n) is 1.38. The van der Waals surface area contributed by atoms with Gasteiger partial charge in [-0.05, 0) is 31.5 Å². The summed E-state index contributed by atoms with van der Waals surface area (Å²) in [5, 5.41) is 30.4. The lowest BCUT2D eigenvalue weighted by Gasteiger charge is -2.26. The van der Waals surface area contributed by atoms with Crippen molar-refractivity contribution < 1.29 is 15.3 Å². The Labute approximate surface area is 89.2 Å². The topological polar surface area (TPSA) is 72.7 Å². The first-order valence-electron chi connectivity index (χ1n) is 4.86. The van der Waals surface area contributed by atoms with E-state index in [0.717, 1.165) is 5.56 Å². The first-order valence-corrected chi connectivity index (χ1v) is 4.86. The largest absolute Gasteiger partial charge is 0.504 e. The van der Waals surface area contributed by atoms with Crippen molar-refractivity contribution in [3.8, 4) is 11.5 Å². The molecule has 1 aromatic carbocycles. The van der Waals surface area contributed by atoms with Gasteiger partial charge >= 0.3 is 0 Å². The summed E-state index contributed by atoms with van der Waals surface area (Å²) in [5.74, 6) is -0.261. The van der Waals surface area contributed by atoms with Crippen molar-refractivity contribution in [1.82, 2.24) is 5.32 Å². The second-order valence-corrected chi connectivity index (χ2v) is 3.98. The Balaban J connectivity index is 2.89. The van der Waals surface area contributed by atoms with Gasteiger partial charge < -0.3 is 20.6 Å². The van der Waals surface area contributed by atoms with Crippen molar-refractivity contribution in [2.24, 2.45) is 0 Å². The Bertz CT molecular complexity index is 337. The van der Waals surface area contributed by atoms with Crippen molar-refractivity contribution in [2.45, 2.75) is 19.4 Å². The average Bonchev–Trinajstić information content (AvgIpc) is 2.19. The number of aliphatic hydroxyl groups is 1. The minimum absolute atomic E-state index is 0.0630. The average molecular weight is 211 g/mol. The fourth-order valence-corrected chi connectivity index (χ4v) is 1.38. The van der Waals surface area contributed by atoms with E-state index in [4.69, 9.17) is 5.11 Å². The molecule has 1 rings (SSSR count). The van der Waals surface area contributed by atoms with Gasteiger partial charge in [0, 0.05) is 12.1 Å². The molecule has 0 aromatic heterocycles. The summed E-state index contributed by atoms with van der Waals surface area (Å²) < 4.78 is 0. The number of phenolic OH excluding ortho intramolecular Hbond substituents is 2. The summed E-state index contributed by atoms with van der Waals surface area (Å²) >= 11 is 0. The van der Waals surface area contributed by atoms with Gasteiger partial charge in [0.15, 0.2) is 11.5 Å². The quantitative estimate of drug-likeness (QED) is 0.559. The van der Waals surface area contributed by atoms with E-state index in [0.29, 0.717) is 6.54 Å². The predicted molar refractivity (Wildman–Crippen MR) is 57.9 cm³/mol. The van der Waals surface area contributed by atoms with Crippen LogP contribution in [0.15, 0.2) is 18.2 Å². The van der Waals surface area contributed by atoms with Crippen molar-refractivity contribution in [3.63, 3.8) is 0 Å². The summed E-state index contributed by atoms with van der Waals surface area (Å²) in [7, 11) is 0. The van der Waals surface area contributed by atoms with Crippen LogP contribution in [0, 0.1) is 0 Å². The van der Waals surface area contributed by atoms with Crippen LogP contribution in [0.25, 0.3) is 0 Å². The molecule has 0 radical (unpaired) electrons. The predicted octanol–water partition coefficient (Wildman–Crippen LogP) is 0.915. The summed E-state index contributed by atoms with van der Waals surface area (Å²) in [6.45, 7) is 4.42. The van der Waals surface area contributed by atoms with E-state index in [2.05, 4.69) is 5.32 Å². The number of aromatic hydroxyl groups is 2. The molecule has 1 aromatic rings. The van der Waals surface area contributed by atoms with Crippen molar-refractivity contribution >= 4 is 0 Å². The summed E-state index contributed by atoms with van der Waals surface area (Å²) in [4.78, 5) is 0. The number of hydrogen-bond donors (Lipinski definition) is 4. The zero-order chi connectivity index (χ0) is 11.5. The van der Waals surface area contributed by atoms with Crippen molar-refractivity contribution in [2.75, 3.05) is 13.2 Å². The molecule has 4 nitrogen and oxygen atoms in total. The molecule has 0 fully saturated rings. The molecule has 0 amide bonds. The molecule has 0 aliphatic carbocycles. The molecule has 4 N–H and O–H groups in total. The Kier molecular flexibility index (Phi) is 3.55. The molecule has 15 heavy (non-hydrogen) atoms. The SMILES string of the molecule is CC(C)(NCCO)c1ccc(O)c(O)c1. The van der Waals surface area contributed by atoms with Gasteiger partial charge in [-0.25, -0.2) is 0 Å². The first kappa shape index (κ1) is 11.8. The number of phenols is 2. The van der Waals surface area contributed by atoms with E-state index in [1.54, 1.807) is 6.07 Å². The maximum atomic E-state index is 9.36. The van der Waals surface area contributed by atoms with E-state index >= 15 is 0 Å². The first-order chi connectivity index (χ1) is 6.97. The third kappa shape index (κ3) is 2.84. The van der Waals surface area contributed by atoms with E-state index in [1.807, 2.05) is 13.8 Å². The van der Waals surface area contributed by atoms with E-state index < -0.39 is 0 Å². The van der Waals surface area contributed by atoms with Gasteiger partial charge in [-0.15, -0.1) is 0 Å². The normalized spacial score (nSPS) is 11.7. The summed E-state index contributed by atoms with van der Waals surface area (Å²) in [6, 6.07) is 4.70. The van der Waals surface area contributed by atoms with Gasteiger partial charge in [0.25, 0.3) is 0 Å². The zero-order valence-electron chi connectivity index (χ0n) is 8.99. The molecular formula is C11H17NO3. The monoisotopic (exact) mass is 211 g/mol. The van der Waals surface area contributed by atoms with Gasteiger partial charge in [0.1, 0.15) is 0 Å². The Morgan fingerprint density at radius 1 is 1.20 bits per heavy atom. The highest BCUT2D eigenvalue weighted by atomic mass is 16.3. The van der Waals surface area contributed by atoms with Crippen LogP contribution in [0.1, 0.15) is 19.4 Å². The smallest absolute Gasteiger partial charge is 0.157 e. The van der Waals surface area contributed by atoms with E-state index in [1.165, 1.54) is 12.1 Å². The fraction of sp³-hybridized carbons (Fsp3) is 0.455. The molecule has 0 aliphatic rings. The lowest BCUT2D eigenvalue weighted by Crippen LogP contribution is -2.38. The molecule has 0 aliphatic heterocycles. The maximum absolute atomic E-state index is 9.36. The van der Waals surface area contributed by atoms with Crippen LogP contribution < -0.4 is 5.32 Å². The Morgan fingerprint density at radius 3 is 2.40 bits per heavy atom. The highest BCUT2D eigenvalue weighted by Crippen LogP contribution is 2.30. The van der Waals surface area contributed by atoms with Gasteiger partial charge in [-0.2, -0.15) is 0 Å². The van der Waals surface area contributed by atoms with Crippen molar-refractivity contribution in [1.29, 1.82) is 0 Å². The maximum Gasteiger partial charge on any atom is 0.157 e. The summed E-state index contributed by atoms with van der Waals surface area (Å²) in [6.07, 6.45) is 0. The number of hydrogen-bond acceptors (Lipinski definition) is 4.